The zero-order valence-electron chi connectivity index (χ0n) is 17.1. The van der Waals surface area contributed by atoms with Gasteiger partial charge >= 0.3 is 0 Å². The molecular weight excluding hydrogens is 452 g/mol. The monoisotopic (exact) mass is 472 g/mol. The molecule has 2 aromatic heterocycles. The standard InChI is InChI=1S/C25H21BrN4O/c1-15-25-24(22-12-27-14-31-22)28-13-30(25)21-10-9-17(16-5-4-6-16)11-19(21)23(29-15)18-7-2-3-8-20(18)26/h2-3,7-16H,4-6H2,1H3/t15-/m0/s1. The molecule has 1 aliphatic carbocycles. The normalized spacial score (nSPS) is 18.0. The van der Waals surface area contributed by atoms with E-state index in [9.17, 15) is 0 Å². The summed E-state index contributed by atoms with van der Waals surface area (Å²) in [4.78, 5) is 14.0. The third-order valence-corrected chi connectivity index (χ3v) is 7.12. The lowest BCUT2D eigenvalue weighted by molar-refractivity contribution is 0.419. The summed E-state index contributed by atoms with van der Waals surface area (Å²) in [5.41, 5.74) is 7.53. The van der Waals surface area contributed by atoms with Crippen molar-refractivity contribution in [1.82, 2.24) is 14.5 Å². The molecule has 2 aromatic carbocycles. The van der Waals surface area contributed by atoms with Crippen molar-refractivity contribution in [1.29, 1.82) is 0 Å². The van der Waals surface area contributed by atoms with E-state index in [1.165, 1.54) is 31.2 Å². The van der Waals surface area contributed by atoms with Gasteiger partial charge in [-0.25, -0.2) is 9.97 Å². The summed E-state index contributed by atoms with van der Waals surface area (Å²) < 4.78 is 8.79. The number of nitrogens with zero attached hydrogens (tertiary/aromatic N) is 4. The van der Waals surface area contributed by atoms with Crippen LogP contribution in [0.25, 0.3) is 17.1 Å². The number of hydrogen-bond acceptors (Lipinski definition) is 4. The molecule has 0 saturated heterocycles. The highest BCUT2D eigenvalue weighted by Crippen LogP contribution is 2.41. The Kier molecular flexibility index (Phi) is 4.42. The van der Waals surface area contributed by atoms with Crippen LogP contribution in [0.5, 0.6) is 0 Å². The van der Waals surface area contributed by atoms with Gasteiger partial charge in [0.25, 0.3) is 0 Å². The van der Waals surface area contributed by atoms with E-state index >= 15 is 0 Å². The van der Waals surface area contributed by atoms with Crippen LogP contribution in [-0.2, 0) is 0 Å². The first-order chi connectivity index (χ1) is 15.2. The van der Waals surface area contributed by atoms with Crippen molar-refractivity contribution in [3.63, 3.8) is 0 Å². The number of aromatic nitrogens is 3. The van der Waals surface area contributed by atoms with Crippen LogP contribution in [-0.4, -0.2) is 20.2 Å². The van der Waals surface area contributed by atoms with E-state index in [4.69, 9.17) is 9.41 Å². The van der Waals surface area contributed by atoms with Gasteiger partial charge in [0.1, 0.15) is 12.0 Å². The molecule has 1 aliphatic heterocycles. The molecule has 1 fully saturated rings. The number of halogens is 1. The van der Waals surface area contributed by atoms with Gasteiger partial charge in [0, 0.05) is 15.6 Å². The molecule has 6 heteroatoms. The van der Waals surface area contributed by atoms with Crippen LogP contribution in [0.2, 0.25) is 0 Å². The second-order valence-corrected chi connectivity index (χ2v) is 9.11. The third kappa shape index (κ3) is 3.00. The molecule has 154 valence electrons. The molecule has 0 amide bonds. The van der Waals surface area contributed by atoms with Crippen LogP contribution >= 0.6 is 15.9 Å². The van der Waals surface area contributed by atoms with E-state index in [0.717, 1.165) is 38.4 Å². The van der Waals surface area contributed by atoms with Crippen LogP contribution in [0.3, 0.4) is 0 Å². The van der Waals surface area contributed by atoms with E-state index in [-0.39, 0.29) is 6.04 Å². The van der Waals surface area contributed by atoms with E-state index in [2.05, 4.69) is 73.8 Å². The smallest absolute Gasteiger partial charge is 0.181 e. The highest BCUT2D eigenvalue weighted by Gasteiger charge is 2.29. The Morgan fingerprint density at radius 2 is 1.97 bits per heavy atom. The van der Waals surface area contributed by atoms with E-state index in [1.54, 1.807) is 6.20 Å². The molecule has 6 rings (SSSR count). The van der Waals surface area contributed by atoms with Gasteiger partial charge in [-0.3, -0.25) is 9.56 Å². The Bertz CT molecular complexity index is 1300. The van der Waals surface area contributed by atoms with Gasteiger partial charge in [0.05, 0.1) is 29.3 Å². The second-order valence-electron chi connectivity index (χ2n) is 8.25. The first-order valence-corrected chi connectivity index (χ1v) is 11.4. The summed E-state index contributed by atoms with van der Waals surface area (Å²) in [6.45, 7) is 2.11. The maximum absolute atomic E-state index is 5.58. The molecule has 0 N–H and O–H groups in total. The number of hydrogen-bond donors (Lipinski definition) is 0. The van der Waals surface area contributed by atoms with Gasteiger partial charge in [-0.05, 0) is 49.4 Å². The molecule has 1 atom stereocenters. The first-order valence-electron chi connectivity index (χ1n) is 10.6. The SMILES string of the molecule is C[C@@H]1N=C(c2ccccc2Br)c2cc(C3CCC3)ccc2-n2cnc(-c3cnco3)c21. The molecule has 5 nitrogen and oxygen atoms in total. The maximum Gasteiger partial charge on any atom is 0.181 e. The average molecular weight is 473 g/mol. The predicted molar refractivity (Wildman–Crippen MR) is 124 cm³/mol. The first kappa shape index (κ1) is 18.8. The van der Waals surface area contributed by atoms with Crippen molar-refractivity contribution in [3.05, 3.63) is 88.2 Å². The summed E-state index contributed by atoms with van der Waals surface area (Å²) in [7, 11) is 0. The van der Waals surface area contributed by atoms with Crippen molar-refractivity contribution in [2.45, 2.75) is 38.1 Å². The largest absolute Gasteiger partial charge is 0.442 e. The van der Waals surface area contributed by atoms with E-state index in [1.807, 2.05) is 12.4 Å². The minimum absolute atomic E-state index is 0.107. The average Bonchev–Trinajstić information content (AvgIpc) is 3.39. The fraction of sp³-hybridized carbons (Fsp3) is 0.240. The lowest BCUT2D eigenvalue weighted by Gasteiger charge is -2.27. The van der Waals surface area contributed by atoms with Crippen LogP contribution in [0.4, 0.5) is 0 Å². The molecule has 1 saturated carbocycles. The molecule has 0 unspecified atom stereocenters. The lowest BCUT2D eigenvalue weighted by atomic mass is 9.79. The summed E-state index contributed by atoms with van der Waals surface area (Å²) >= 11 is 3.75. The Balaban J connectivity index is 1.62. The maximum atomic E-state index is 5.58. The number of imidazole rings is 1. The fourth-order valence-electron chi connectivity index (χ4n) is 4.61. The van der Waals surface area contributed by atoms with E-state index in [0.29, 0.717) is 11.7 Å². The predicted octanol–water partition coefficient (Wildman–Crippen LogP) is 6.47. The third-order valence-electron chi connectivity index (χ3n) is 6.43. The van der Waals surface area contributed by atoms with Crippen LogP contribution in [0.15, 0.2) is 75.3 Å². The molecular formula is C25H21BrN4O. The minimum Gasteiger partial charge on any atom is -0.442 e. The van der Waals surface area contributed by atoms with Gasteiger partial charge in [-0.15, -0.1) is 0 Å². The van der Waals surface area contributed by atoms with Crippen LogP contribution in [0.1, 0.15) is 60.5 Å². The zero-order chi connectivity index (χ0) is 20.9. The Labute approximate surface area is 189 Å². The van der Waals surface area contributed by atoms with Gasteiger partial charge < -0.3 is 4.42 Å². The second kappa shape index (κ2) is 7.31. The summed E-state index contributed by atoms with van der Waals surface area (Å²) in [5.74, 6) is 1.31. The molecule has 0 radical (unpaired) electrons. The number of benzene rings is 2. The van der Waals surface area contributed by atoms with Crippen molar-refractivity contribution >= 4 is 21.6 Å². The number of rotatable bonds is 3. The van der Waals surface area contributed by atoms with Gasteiger partial charge in [0.2, 0.25) is 0 Å². The molecule has 3 heterocycles. The fourth-order valence-corrected chi connectivity index (χ4v) is 5.09. The number of oxazole rings is 1. The Morgan fingerprint density at radius 1 is 1.10 bits per heavy atom. The van der Waals surface area contributed by atoms with Gasteiger partial charge in [-0.1, -0.05) is 46.6 Å². The number of fused-ring (bicyclic) bond motifs is 3. The topological polar surface area (TPSA) is 56.2 Å². The quantitative estimate of drug-likeness (QED) is 0.343. The highest BCUT2D eigenvalue weighted by molar-refractivity contribution is 9.10. The molecule has 0 spiro atoms. The minimum atomic E-state index is -0.107. The summed E-state index contributed by atoms with van der Waals surface area (Å²) in [6, 6.07) is 15.0. The van der Waals surface area contributed by atoms with Crippen molar-refractivity contribution in [2.24, 2.45) is 4.99 Å². The Morgan fingerprint density at radius 3 is 2.71 bits per heavy atom. The van der Waals surface area contributed by atoms with Gasteiger partial charge in [-0.2, -0.15) is 0 Å². The van der Waals surface area contributed by atoms with Crippen molar-refractivity contribution in [3.8, 4) is 17.1 Å². The highest BCUT2D eigenvalue weighted by atomic mass is 79.9. The summed E-state index contributed by atoms with van der Waals surface area (Å²) in [5, 5.41) is 0. The number of aliphatic imine (C=N–C) groups is 1. The van der Waals surface area contributed by atoms with E-state index < -0.39 is 0 Å². The molecule has 4 aromatic rings. The summed E-state index contributed by atoms with van der Waals surface area (Å²) in [6.07, 6.45) is 8.88. The Hall–Kier alpha value is -2.99. The van der Waals surface area contributed by atoms with Crippen molar-refractivity contribution < 1.29 is 4.42 Å². The molecule has 0 bridgehead atoms. The van der Waals surface area contributed by atoms with Crippen LogP contribution < -0.4 is 0 Å². The van der Waals surface area contributed by atoms with Gasteiger partial charge in [0.15, 0.2) is 12.2 Å². The zero-order valence-corrected chi connectivity index (χ0v) is 18.7. The lowest BCUT2D eigenvalue weighted by Crippen LogP contribution is -2.12. The van der Waals surface area contributed by atoms with Crippen molar-refractivity contribution in [2.75, 3.05) is 0 Å². The molecule has 31 heavy (non-hydrogen) atoms. The van der Waals surface area contributed by atoms with Crippen LogP contribution in [0, 0.1) is 0 Å². The molecule has 2 aliphatic rings.